The van der Waals surface area contributed by atoms with Gasteiger partial charge in [-0.25, -0.2) is 13.1 Å². The summed E-state index contributed by atoms with van der Waals surface area (Å²) in [6.45, 7) is 0.243. The molecule has 3 saturated carbocycles. The molecule has 36 heavy (non-hydrogen) atoms. The second-order valence-corrected chi connectivity index (χ2v) is 12.1. The van der Waals surface area contributed by atoms with Gasteiger partial charge in [0.1, 0.15) is 12.7 Å². The fraction of sp³-hybridized carbons (Fsp3) is 0.360. The van der Waals surface area contributed by atoms with Crippen LogP contribution in [0, 0.1) is 23.2 Å². The molecular formula is C25H24Cl2N4O4S. The Morgan fingerprint density at radius 3 is 2.72 bits per heavy atom. The number of sulfonamides is 1. The molecule has 1 amide bonds. The number of carbonyl (C=O) groups excluding carboxylic acids is 1. The number of anilines is 1. The second kappa shape index (κ2) is 9.27. The van der Waals surface area contributed by atoms with Crippen molar-refractivity contribution in [2.45, 2.75) is 24.8 Å². The Bertz CT molecular complexity index is 1510. The number of amides is 1. The molecule has 11 heteroatoms. The minimum absolute atomic E-state index is 0.0913. The van der Waals surface area contributed by atoms with Crippen molar-refractivity contribution in [3.63, 3.8) is 0 Å². The topological polar surface area (TPSA) is 113 Å². The van der Waals surface area contributed by atoms with Crippen molar-refractivity contribution in [2.75, 3.05) is 24.1 Å². The summed E-state index contributed by atoms with van der Waals surface area (Å²) >= 11 is 12.1. The highest BCUT2D eigenvalue weighted by molar-refractivity contribution is 7.88. The molecule has 3 aliphatic rings. The van der Waals surface area contributed by atoms with Crippen LogP contribution in [0.1, 0.15) is 24.8 Å². The largest absolute Gasteiger partial charge is 0.489 e. The van der Waals surface area contributed by atoms with E-state index in [0.717, 1.165) is 17.2 Å². The fourth-order valence-corrected chi connectivity index (χ4v) is 6.96. The third-order valence-corrected chi connectivity index (χ3v) is 8.17. The number of benzene rings is 2. The number of nitrogens with one attached hydrogen (secondary N) is 2. The molecule has 3 aliphatic carbocycles. The van der Waals surface area contributed by atoms with Gasteiger partial charge in [0.15, 0.2) is 5.75 Å². The van der Waals surface area contributed by atoms with Crippen molar-refractivity contribution in [3.05, 3.63) is 53.2 Å². The first kappa shape index (κ1) is 24.9. The summed E-state index contributed by atoms with van der Waals surface area (Å²) in [4.78, 5) is 13.0. The van der Waals surface area contributed by atoms with Crippen molar-refractivity contribution >= 4 is 55.7 Å². The van der Waals surface area contributed by atoms with Gasteiger partial charge in [-0.3, -0.25) is 4.79 Å². The molecule has 2 aromatic carbocycles. The highest BCUT2D eigenvalue weighted by Gasteiger charge is 2.59. The molecule has 2 bridgehead atoms. The van der Waals surface area contributed by atoms with Crippen LogP contribution in [0.15, 0.2) is 42.6 Å². The summed E-state index contributed by atoms with van der Waals surface area (Å²) in [6.07, 6.45) is 4.94. The standard InChI is InChI=1S/C25H24Cl2N4O4S/c1-36(33,34)30-25-11-17(12-25)20(13-25)24(32)29-18-2-3-22-15(8-18)4-6-31(22)19-9-16(14-28)23(21(27)10-19)35-7-5-26/h2-4,6,8-10,17,20,30H,5,7,11-13H2,1H3,(H,29,32)/t17?,20-,25?/m0/s1. The van der Waals surface area contributed by atoms with E-state index in [9.17, 15) is 18.5 Å². The van der Waals surface area contributed by atoms with Crippen LogP contribution in [0.4, 0.5) is 5.69 Å². The Kier molecular flexibility index (Phi) is 6.41. The summed E-state index contributed by atoms with van der Waals surface area (Å²) in [7, 11) is -3.32. The van der Waals surface area contributed by atoms with E-state index >= 15 is 0 Å². The van der Waals surface area contributed by atoms with E-state index in [0.29, 0.717) is 47.0 Å². The van der Waals surface area contributed by atoms with Crippen molar-refractivity contribution in [3.8, 4) is 17.5 Å². The molecule has 1 heterocycles. The minimum atomic E-state index is -3.32. The number of hydrogen-bond acceptors (Lipinski definition) is 5. The van der Waals surface area contributed by atoms with Crippen LogP contribution in [-0.4, -0.2) is 43.2 Å². The highest BCUT2D eigenvalue weighted by atomic mass is 35.5. The quantitative estimate of drug-likeness (QED) is 0.405. The number of ether oxygens (including phenoxy) is 1. The van der Waals surface area contributed by atoms with E-state index in [4.69, 9.17) is 27.9 Å². The Hall–Kier alpha value is -2.77. The van der Waals surface area contributed by atoms with E-state index in [2.05, 4.69) is 16.1 Å². The van der Waals surface area contributed by atoms with Gasteiger partial charge in [0.25, 0.3) is 0 Å². The predicted octanol–water partition coefficient (Wildman–Crippen LogP) is 4.43. The Balaban J connectivity index is 1.34. The van der Waals surface area contributed by atoms with E-state index in [1.54, 1.807) is 12.1 Å². The maximum Gasteiger partial charge on any atom is 0.227 e. The first-order valence-corrected chi connectivity index (χ1v) is 14.3. The van der Waals surface area contributed by atoms with Crippen molar-refractivity contribution in [1.82, 2.24) is 9.29 Å². The SMILES string of the molecule is CS(=O)(=O)NC12CC(C1)[C@@H](C(=O)Nc1ccc3c(ccn3-c3cc(Cl)c(OCCCl)c(C#N)c3)c1)C2. The van der Waals surface area contributed by atoms with Crippen LogP contribution in [0.2, 0.25) is 5.02 Å². The maximum atomic E-state index is 13.0. The van der Waals surface area contributed by atoms with E-state index < -0.39 is 15.6 Å². The summed E-state index contributed by atoms with van der Waals surface area (Å²) in [5, 5.41) is 13.8. The number of rotatable bonds is 8. The van der Waals surface area contributed by atoms with E-state index in [1.165, 1.54) is 0 Å². The van der Waals surface area contributed by atoms with Crippen molar-refractivity contribution < 1.29 is 17.9 Å². The van der Waals surface area contributed by atoms with Gasteiger partial charge >= 0.3 is 0 Å². The zero-order valence-electron chi connectivity index (χ0n) is 19.4. The average molecular weight is 547 g/mol. The predicted molar refractivity (Wildman–Crippen MR) is 139 cm³/mol. The van der Waals surface area contributed by atoms with Crippen LogP contribution >= 0.6 is 23.2 Å². The molecule has 0 aliphatic heterocycles. The third kappa shape index (κ3) is 4.66. The lowest BCUT2D eigenvalue weighted by Gasteiger charge is -2.38. The lowest BCUT2D eigenvalue weighted by Crippen LogP contribution is -2.51. The number of alkyl halides is 1. The first-order valence-electron chi connectivity index (χ1n) is 11.5. The Labute approximate surface area is 219 Å². The zero-order chi connectivity index (χ0) is 25.7. The van der Waals surface area contributed by atoms with Gasteiger partial charge in [-0.1, -0.05) is 11.6 Å². The van der Waals surface area contributed by atoms with Gasteiger partial charge in [0.2, 0.25) is 15.9 Å². The fourth-order valence-electron chi connectivity index (χ4n) is 5.58. The van der Waals surface area contributed by atoms with Gasteiger partial charge in [0, 0.05) is 34.4 Å². The molecule has 2 N–H and O–H groups in total. The number of carbonyl (C=O) groups is 1. The van der Waals surface area contributed by atoms with Gasteiger partial charge in [-0.05, 0) is 61.6 Å². The van der Waals surface area contributed by atoms with Crippen LogP contribution in [0.3, 0.4) is 0 Å². The zero-order valence-corrected chi connectivity index (χ0v) is 21.8. The number of fused-ring (bicyclic) bond motifs is 2. The van der Waals surface area contributed by atoms with E-state index in [-0.39, 0.29) is 30.2 Å². The summed E-state index contributed by atoms with van der Waals surface area (Å²) < 4.78 is 33.5. The Morgan fingerprint density at radius 2 is 2.03 bits per heavy atom. The Morgan fingerprint density at radius 1 is 1.25 bits per heavy atom. The van der Waals surface area contributed by atoms with Gasteiger partial charge in [-0.2, -0.15) is 5.26 Å². The van der Waals surface area contributed by atoms with Crippen LogP contribution in [-0.2, 0) is 14.8 Å². The van der Waals surface area contributed by atoms with Crippen molar-refractivity contribution in [2.24, 2.45) is 11.8 Å². The minimum Gasteiger partial charge on any atom is -0.489 e. The second-order valence-electron chi connectivity index (χ2n) is 9.54. The van der Waals surface area contributed by atoms with Crippen molar-refractivity contribution in [1.29, 1.82) is 5.26 Å². The van der Waals surface area contributed by atoms with Gasteiger partial charge < -0.3 is 14.6 Å². The normalized spacial score (nSPS) is 22.7. The summed E-state index contributed by atoms with van der Waals surface area (Å²) in [5.74, 6) is 0.476. The molecule has 3 aromatic rings. The van der Waals surface area contributed by atoms with E-state index in [1.807, 2.05) is 35.0 Å². The first-order chi connectivity index (χ1) is 17.1. The number of aromatic nitrogens is 1. The molecule has 1 aromatic heterocycles. The maximum absolute atomic E-state index is 13.0. The monoisotopic (exact) mass is 546 g/mol. The molecule has 6 rings (SSSR count). The van der Waals surface area contributed by atoms with Gasteiger partial charge in [-0.15, -0.1) is 11.6 Å². The lowest BCUT2D eigenvalue weighted by molar-refractivity contribution is -0.120. The number of halogens is 2. The molecular weight excluding hydrogens is 523 g/mol. The highest BCUT2D eigenvalue weighted by Crippen LogP contribution is 2.56. The average Bonchev–Trinajstić information content (AvgIpc) is 3.47. The lowest BCUT2D eigenvalue weighted by atomic mass is 9.77. The van der Waals surface area contributed by atoms with Crippen LogP contribution < -0.4 is 14.8 Å². The molecule has 0 saturated heterocycles. The summed E-state index contributed by atoms with van der Waals surface area (Å²) in [6, 6.07) is 13.1. The molecule has 1 atom stereocenters. The molecule has 3 fully saturated rings. The number of nitrogens with zero attached hydrogens (tertiary/aromatic N) is 2. The number of nitriles is 1. The molecule has 8 nitrogen and oxygen atoms in total. The molecule has 0 unspecified atom stereocenters. The smallest absolute Gasteiger partial charge is 0.227 e. The number of hydrogen-bond donors (Lipinski definition) is 2. The van der Waals surface area contributed by atoms with Crippen LogP contribution in [0.5, 0.6) is 5.75 Å². The molecule has 0 spiro atoms. The summed E-state index contributed by atoms with van der Waals surface area (Å²) in [5.41, 5.74) is 2.08. The van der Waals surface area contributed by atoms with Crippen LogP contribution in [0.25, 0.3) is 16.6 Å². The molecule has 0 radical (unpaired) electrons. The third-order valence-electron chi connectivity index (χ3n) is 6.93. The van der Waals surface area contributed by atoms with Gasteiger partial charge in [0.05, 0.1) is 28.2 Å². The molecule has 188 valence electrons.